The lowest BCUT2D eigenvalue weighted by molar-refractivity contribution is 0.623. The maximum Gasteiger partial charge on any atom is 0.227 e. The molecule has 0 aliphatic rings. The van der Waals surface area contributed by atoms with Crippen molar-refractivity contribution in [2.24, 2.45) is 0 Å². The number of nitrogens with zero attached hydrogens (tertiary/aromatic N) is 2. The summed E-state index contributed by atoms with van der Waals surface area (Å²) in [7, 11) is 0. The largest absolute Gasteiger partial charge is 0.456 e. The maximum absolute atomic E-state index is 6.57. The predicted molar refractivity (Wildman–Crippen MR) is 202 cm³/mol. The monoisotopic (exact) mass is 628 g/mol. The van der Waals surface area contributed by atoms with Crippen LogP contribution in [-0.4, -0.2) is 4.98 Å². The van der Waals surface area contributed by atoms with Gasteiger partial charge in [0.2, 0.25) is 5.89 Å². The van der Waals surface area contributed by atoms with Crippen molar-refractivity contribution in [2.75, 3.05) is 4.90 Å². The number of benzene rings is 8. The summed E-state index contributed by atoms with van der Waals surface area (Å²) in [6, 6.07) is 59.2. The van der Waals surface area contributed by atoms with Crippen LogP contribution in [0.2, 0.25) is 0 Å². The highest BCUT2D eigenvalue weighted by Gasteiger charge is 2.20. The van der Waals surface area contributed by atoms with E-state index in [-0.39, 0.29) is 0 Å². The second-order valence-electron chi connectivity index (χ2n) is 12.4. The summed E-state index contributed by atoms with van der Waals surface area (Å²) in [5, 5.41) is 6.64. The van der Waals surface area contributed by atoms with E-state index in [2.05, 4.69) is 132 Å². The molecule has 0 radical (unpaired) electrons. The first kappa shape index (κ1) is 27.5. The molecule has 2 aromatic heterocycles. The van der Waals surface area contributed by atoms with E-state index in [1.165, 1.54) is 0 Å². The first-order valence-corrected chi connectivity index (χ1v) is 16.5. The van der Waals surface area contributed by atoms with Gasteiger partial charge >= 0.3 is 0 Å². The van der Waals surface area contributed by atoms with Crippen LogP contribution in [0.15, 0.2) is 179 Å². The number of rotatable bonds is 5. The molecule has 2 heterocycles. The summed E-state index contributed by atoms with van der Waals surface area (Å²) in [4.78, 5) is 7.20. The summed E-state index contributed by atoms with van der Waals surface area (Å²) >= 11 is 0. The fourth-order valence-corrected chi connectivity index (χ4v) is 7.19. The molecule has 0 aliphatic carbocycles. The molecule has 10 aromatic rings. The van der Waals surface area contributed by atoms with Gasteiger partial charge in [-0.1, -0.05) is 97.1 Å². The zero-order chi connectivity index (χ0) is 32.3. The minimum absolute atomic E-state index is 0.622. The molecule has 0 bridgehead atoms. The van der Waals surface area contributed by atoms with Gasteiger partial charge in [-0.25, -0.2) is 4.98 Å². The molecule has 49 heavy (non-hydrogen) atoms. The fourth-order valence-electron chi connectivity index (χ4n) is 7.19. The third-order valence-electron chi connectivity index (χ3n) is 9.45. The topological polar surface area (TPSA) is 42.4 Å². The fraction of sp³-hybridized carbons (Fsp3) is 0. The molecule has 4 nitrogen and oxygen atoms in total. The zero-order valence-electron chi connectivity index (χ0n) is 26.4. The Bertz CT molecular complexity index is 2820. The van der Waals surface area contributed by atoms with Gasteiger partial charge in [-0.15, -0.1) is 0 Å². The van der Waals surface area contributed by atoms with Gasteiger partial charge in [-0.3, -0.25) is 0 Å². The number of aromatic nitrogens is 1. The summed E-state index contributed by atoms with van der Waals surface area (Å²) < 4.78 is 12.9. The Kier molecular flexibility index (Phi) is 6.15. The van der Waals surface area contributed by atoms with Crippen molar-refractivity contribution in [2.45, 2.75) is 0 Å². The highest BCUT2D eigenvalue weighted by molar-refractivity contribution is 6.22. The van der Waals surface area contributed by atoms with Crippen molar-refractivity contribution < 1.29 is 8.83 Å². The zero-order valence-corrected chi connectivity index (χ0v) is 26.4. The normalized spacial score (nSPS) is 11.7. The molecule has 8 aromatic carbocycles. The van der Waals surface area contributed by atoms with Crippen molar-refractivity contribution in [3.8, 4) is 22.6 Å². The molecule has 0 amide bonds. The van der Waals surface area contributed by atoms with Crippen LogP contribution in [0.3, 0.4) is 0 Å². The van der Waals surface area contributed by atoms with Crippen LogP contribution in [0.5, 0.6) is 0 Å². The van der Waals surface area contributed by atoms with Gasteiger partial charge in [0, 0.05) is 44.9 Å². The Balaban J connectivity index is 1.24. The van der Waals surface area contributed by atoms with Gasteiger partial charge in [0.25, 0.3) is 0 Å². The van der Waals surface area contributed by atoms with E-state index in [9.17, 15) is 0 Å². The van der Waals surface area contributed by atoms with E-state index >= 15 is 0 Å². The predicted octanol–water partition coefficient (Wildman–Crippen LogP) is 12.8. The lowest BCUT2D eigenvalue weighted by Gasteiger charge is -2.26. The first-order valence-electron chi connectivity index (χ1n) is 16.5. The van der Waals surface area contributed by atoms with Crippen LogP contribution in [0, 0.1) is 0 Å². The molecule has 0 aliphatic heterocycles. The van der Waals surface area contributed by atoms with Crippen molar-refractivity contribution in [1.82, 2.24) is 4.98 Å². The molecule has 0 atom stereocenters. The Labute approximate surface area is 282 Å². The van der Waals surface area contributed by atoms with E-state index < -0.39 is 0 Å². The lowest BCUT2D eigenvalue weighted by atomic mass is 9.92. The molecular weight excluding hydrogens is 601 g/mol. The van der Waals surface area contributed by atoms with Crippen LogP contribution in [-0.2, 0) is 0 Å². The number of furan rings is 1. The highest BCUT2D eigenvalue weighted by Crippen LogP contribution is 2.44. The van der Waals surface area contributed by atoms with E-state index in [1.807, 2.05) is 42.5 Å². The second kappa shape index (κ2) is 11.0. The Hall–Kier alpha value is -6.65. The van der Waals surface area contributed by atoms with Crippen molar-refractivity contribution >= 4 is 71.6 Å². The number of anilines is 3. The third kappa shape index (κ3) is 4.49. The average Bonchev–Trinajstić information content (AvgIpc) is 3.77. The van der Waals surface area contributed by atoms with Crippen molar-refractivity contribution in [1.29, 1.82) is 0 Å². The van der Waals surface area contributed by atoms with Gasteiger partial charge < -0.3 is 13.7 Å². The van der Waals surface area contributed by atoms with Gasteiger partial charge in [0.1, 0.15) is 16.7 Å². The maximum atomic E-state index is 6.57. The molecule has 10 rings (SSSR count). The lowest BCUT2D eigenvalue weighted by Crippen LogP contribution is -2.09. The molecule has 0 saturated heterocycles. The quantitative estimate of drug-likeness (QED) is 0.178. The van der Waals surface area contributed by atoms with Crippen LogP contribution in [0.4, 0.5) is 17.1 Å². The standard InChI is InChI=1S/C45H28N2O2/c1-4-12-29(13-5-1)38-26-31-20-25-40-44(49-45(46-40)30-14-6-2-7-15-30)43(31)37-24-22-33(27-39(37)38)47(32-16-8-3-9-17-32)34-21-23-36-35-18-10-11-19-41(35)48-42(36)28-34/h1-28H. The molecule has 0 saturated carbocycles. The molecule has 4 heteroatoms. The Morgan fingerprint density at radius 3 is 1.88 bits per heavy atom. The summed E-state index contributed by atoms with van der Waals surface area (Å²) in [6.45, 7) is 0. The first-order chi connectivity index (χ1) is 24.3. The molecule has 0 N–H and O–H groups in total. The highest BCUT2D eigenvalue weighted by atomic mass is 16.3. The van der Waals surface area contributed by atoms with Crippen LogP contribution in [0.1, 0.15) is 0 Å². The van der Waals surface area contributed by atoms with Gasteiger partial charge in [-0.05, 0) is 94.0 Å². The van der Waals surface area contributed by atoms with Crippen molar-refractivity contribution in [3.05, 3.63) is 170 Å². The smallest absolute Gasteiger partial charge is 0.227 e. The van der Waals surface area contributed by atoms with Gasteiger partial charge in [0.05, 0.1) is 0 Å². The SMILES string of the molecule is c1ccc(-c2nc3ccc4cc(-c5ccccc5)c5cc(N(c6ccccc6)c6ccc7c(c6)oc6ccccc67)ccc5c4c3o2)cc1. The second-order valence-corrected chi connectivity index (χ2v) is 12.4. The Morgan fingerprint density at radius 2 is 1.08 bits per heavy atom. The van der Waals surface area contributed by atoms with Gasteiger partial charge in [0.15, 0.2) is 5.58 Å². The Morgan fingerprint density at radius 1 is 0.429 bits per heavy atom. The van der Waals surface area contributed by atoms with Gasteiger partial charge in [-0.2, -0.15) is 0 Å². The molecular formula is C45H28N2O2. The minimum atomic E-state index is 0.622. The molecule has 0 unspecified atom stereocenters. The number of fused-ring (bicyclic) bond motifs is 8. The van der Waals surface area contributed by atoms with E-state index in [1.54, 1.807) is 0 Å². The van der Waals surface area contributed by atoms with Crippen LogP contribution >= 0.6 is 0 Å². The number of para-hydroxylation sites is 2. The summed E-state index contributed by atoms with van der Waals surface area (Å²) in [5.74, 6) is 0.622. The van der Waals surface area contributed by atoms with Crippen molar-refractivity contribution in [3.63, 3.8) is 0 Å². The molecule has 0 fully saturated rings. The summed E-state index contributed by atoms with van der Waals surface area (Å²) in [6.07, 6.45) is 0. The minimum Gasteiger partial charge on any atom is -0.456 e. The number of oxazole rings is 1. The van der Waals surface area contributed by atoms with Crippen LogP contribution < -0.4 is 4.90 Å². The van der Waals surface area contributed by atoms with E-state index in [0.29, 0.717) is 5.89 Å². The van der Waals surface area contributed by atoms with Crippen LogP contribution in [0.25, 0.3) is 77.2 Å². The number of hydrogen-bond donors (Lipinski definition) is 0. The molecule has 0 spiro atoms. The molecule has 230 valence electrons. The number of hydrogen-bond acceptors (Lipinski definition) is 4. The third-order valence-corrected chi connectivity index (χ3v) is 9.45. The average molecular weight is 629 g/mol. The van der Waals surface area contributed by atoms with E-state index in [0.717, 1.165) is 88.3 Å². The summed E-state index contributed by atoms with van der Waals surface area (Å²) in [5.41, 5.74) is 9.78. The van der Waals surface area contributed by atoms with E-state index in [4.69, 9.17) is 13.8 Å².